The van der Waals surface area contributed by atoms with E-state index < -0.39 is 16.7 Å². The number of hydrogen-bond donors (Lipinski definition) is 0. The maximum Gasteiger partial charge on any atom is 0.417 e. The largest absolute Gasteiger partial charge is 0.496 e. The van der Waals surface area contributed by atoms with Crippen LogP contribution in [-0.2, 0) is 11.9 Å². The van der Waals surface area contributed by atoms with E-state index in [2.05, 4.69) is 4.98 Å². The summed E-state index contributed by atoms with van der Waals surface area (Å²) in [5.41, 5.74) is -0.343. The molecule has 0 radical (unpaired) electrons. The molecule has 0 spiro atoms. The molecule has 0 bridgehead atoms. The highest BCUT2D eigenvalue weighted by molar-refractivity contribution is 7.98. The van der Waals surface area contributed by atoms with Crippen LogP contribution in [-0.4, -0.2) is 17.0 Å². The molecule has 0 aliphatic carbocycles. The zero-order valence-corrected chi connectivity index (χ0v) is 12.6. The van der Waals surface area contributed by atoms with Crippen molar-refractivity contribution in [1.82, 2.24) is 4.98 Å². The summed E-state index contributed by atoms with van der Waals surface area (Å²) < 4.78 is 42.5. The molecule has 2 rings (SSSR count). The van der Waals surface area contributed by atoms with Crippen LogP contribution >= 0.6 is 11.8 Å². The van der Waals surface area contributed by atoms with Gasteiger partial charge in [-0.25, -0.2) is 4.98 Å². The van der Waals surface area contributed by atoms with E-state index in [1.165, 1.54) is 31.4 Å². The summed E-state index contributed by atoms with van der Waals surface area (Å²) >= 11 is 1.16. The molecule has 1 aromatic carbocycles. The molecule has 2 aromatic rings. The highest BCUT2D eigenvalue weighted by atomic mass is 32.2. The Kier molecular flexibility index (Phi) is 5.09. The summed E-state index contributed by atoms with van der Waals surface area (Å²) in [6.07, 6.45) is -3.67. The number of thioether (sulfide) groups is 1. The van der Waals surface area contributed by atoms with Gasteiger partial charge in [0.1, 0.15) is 5.75 Å². The third-order valence-electron chi connectivity index (χ3n) is 2.91. The number of ether oxygens (including phenoxy) is 1. The highest BCUT2D eigenvalue weighted by Crippen LogP contribution is 2.32. The Morgan fingerprint density at radius 3 is 2.57 bits per heavy atom. The molecule has 0 aliphatic heterocycles. The number of nitrogens with zero attached hydrogens (tertiary/aromatic N) is 2. The summed E-state index contributed by atoms with van der Waals surface area (Å²) in [5.74, 6) is 0.749. The molecule has 0 amide bonds. The number of non-ortho nitro benzene ring substituents is 1. The molecule has 0 N–H and O–H groups in total. The normalized spacial score (nSPS) is 11.3. The van der Waals surface area contributed by atoms with Crippen molar-refractivity contribution in [1.29, 1.82) is 0 Å². The second kappa shape index (κ2) is 6.86. The van der Waals surface area contributed by atoms with Crippen molar-refractivity contribution in [3.63, 3.8) is 0 Å². The Morgan fingerprint density at radius 2 is 2.04 bits per heavy atom. The van der Waals surface area contributed by atoms with E-state index in [0.29, 0.717) is 16.3 Å². The van der Waals surface area contributed by atoms with Crippen molar-refractivity contribution in [3.05, 3.63) is 57.8 Å². The van der Waals surface area contributed by atoms with Gasteiger partial charge in [0.05, 0.1) is 22.6 Å². The van der Waals surface area contributed by atoms with Gasteiger partial charge in [-0.15, -0.1) is 11.8 Å². The SMILES string of the molecule is COc1ccc([N+](=O)[O-])cc1CSc1ccc(C(F)(F)F)cn1. The van der Waals surface area contributed by atoms with Crippen molar-refractivity contribution >= 4 is 17.4 Å². The highest BCUT2D eigenvalue weighted by Gasteiger charge is 2.30. The van der Waals surface area contributed by atoms with E-state index >= 15 is 0 Å². The number of rotatable bonds is 5. The van der Waals surface area contributed by atoms with E-state index in [1.807, 2.05) is 0 Å². The first kappa shape index (κ1) is 17.1. The Morgan fingerprint density at radius 1 is 1.30 bits per heavy atom. The van der Waals surface area contributed by atoms with E-state index in [9.17, 15) is 23.3 Å². The smallest absolute Gasteiger partial charge is 0.417 e. The molecule has 0 unspecified atom stereocenters. The third-order valence-corrected chi connectivity index (χ3v) is 3.91. The lowest BCUT2D eigenvalue weighted by Crippen LogP contribution is -2.05. The quantitative estimate of drug-likeness (QED) is 0.459. The molecule has 1 aromatic heterocycles. The molecule has 1 heterocycles. The Labute approximate surface area is 133 Å². The Hall–Kier alpha value is -2.29. The van der Waals surface area contributed by atoms with E-state index in [-0.39, 0.29) is 11.4 Å². The van der Waals surface area contributed by atoms with Gasteiger partial charge in [-0.2, -0.15) is 13.2 Å². The summed E-state index contributed by atoms with van der Waals surface area (Å²) in [6, 6.07) is 6.38. The standard InChI is InChI=1S/C14H11F3N2O3S/c1-22-12-4-3-11(19(20)21)6-9(12)8-23-13-5-2-10(7-18-13)14(15,16)17/h2-7H,8H2,1H3. The lowest BCUT2D eigenvalue weighted by atomic mass is 10.2. The lowest BCUT2D eigenvalue weighted by molar-refractivity contribution is -0.384. The maximum absolute atomic E-state index is 12.5. The number of nitro groups is 1. The van der Waals surface area contributed by atoms with Crippen LogP contribution < -0.4 is 4.74 Å². The van der Waals surface area contributed by atoms with E-state index in [4.69, 9.17) is 4.74 Å². The summed E-state index contributed by atoms with van der Waals surface area (Å²) in [6.45, 7) is 0. The number of benzene rings is 1. The van der Waals surface area contributed by atoms with Gasteiger partial charge < -0.3 is 4.74 Å². The number of hydrogen-bond acceptors (Lipinski definition) is 5. The number of aromatic nitrogens is 1. The number of nitro benzene ring substituents is 1. The maximum atomic E-state index is 12.5. The van der Waals surface area contributed by atoms with Crippen LogP contribution in [0.15, 0.2) is 41.6 Å². The zero-order chi connectivity index (χ0) is 17.0. The van der Waals surface area contributed by atoms with Gasteiger partial charge in [0.15, 0.2) is 0 Å². The fourth-order valence-electron chi connectivity index (χ4n) is 1.78. The Bertz CT molecular complexity index is 705. The predicted molar refractivity (Wildman–Crippen MR) is 78.4 cm³/mol. The van der Waals surface area contributed by atoms with Gasteiger partial charge in [-0.05, 0) is 18.2 Å². The second-order valence-corrected chi connectivity index (χ2v) is 5.42. The fourth-order valence-corrected chi connectivity index (χ4v) is 2.60. The number of halogens is 3. The molecule has 0 saturated carbocycles. The number of alkyl halides is 3. The minimum atomic E-state index is -4.43. The molecule has 9 heteroatoms. The van der Waals surface area contributed by atoms with Crippen LogP contribution in [0.4, 0.5) is 18.9 Å². The monoisotopic (exact) mass is 344 g/mol. The molecule has 0 saturated heterocycles. The van der Waals surface area contributed by atoms with Crippen LogP contribution in [0.3, 0.4) is 0 Å². The van der Waals surface area contributed by atoms with Gasteiger partial charge in [0.2, 0.25) is 0 Å². The first-order chi connectivity index (χ1) is 10.8. The van der Waals surface area contributed by atoms with Gasteiger partial charge in [0, 0.05) is 29.6 Å². The van der Waals surface area contributed by atoms with Crippen molar-refractivity contribution in [2.45, 2.75) is 17.0 Å². The lowest BCUT2D eigenvalue weighted by Gasteiger charge is -2.09. The zero-order valence-electron chi connectivity index (χ0n) is 11.8. The van der Waals surface area contributed by atoms with Crippen LogP contribution in [0.5, 0.6) is 5.75 Å². The van der Waals surface area contributed by atoms with Crippen molar-refractivity contribution in [2.24, 2.45) is 0 Å². The Balaban J connectivity index is 2.14. The van der Waals surface area contributed by atoms with Gasteiger partial charge in [-0.1, -0.05) is 0 Å². The van der Waals surface area contributed by atoms with E-state index in [0.717, 1.165) is 24.0 Å². The third kappa shape index (κ3) is 4.35. The summed E-state index contributed by atoms with van der Waals surface area (Å²) in [4.78, 5) is 14.0. The average Bonchev–Trinajstić information content (AvgIpc) is 2.52. The summed E-state index contributed by atoms with van der Waals surface area (Å²) in [7, 11) is 1.44. The minimum Gasteiger partial charge on any atom is -0.496 e. The molecule has 23 heavy (non-hydrogen) atoms. The molecule has 0 fully saturated rings. The van der Waals surface area contributed by atoms with E-state index in [1.54, 1.807) is 0 Å². The molecule has 0 atom stereocenters. The number of methoxy groups -OCH3 is 1. The summed E-state index contributed by atoms with van der Waals surface area (Å²) in [5, 5.41) is 11.2. The van der Waals surface area contributed by atoms with Crippen LogP contribution in [0.25, 0.3) is 0 Å². The fraction of sp³-hybridized carbons (Fsp3) is 0.214. The topological polar surface area (TPSA) is 65.3 Å². The van der Waals surface area contributed by atoms with Gasteiger partial charge in [-0.3, -0.25) is 10.1 Å². The number of pyridine rings is 1. The van der Waals surface area contributed by atoms with Crippen LogP contribution in [0.2, 0.25) is 0 Å². The molecule has 122 valence electrons. The van der Waals surface area contributed by atoms with Crippen LogP contribution in [0.1, 0.15) is 11.1 Å². The van der Waals surface area contributed by atoms with Gasteiger partial charge >= 0.3 is 6.18 Å². The molecule has 5 nitrogen and oxygen atoms in total. The first-order valence-corrected chi connectivity index (χ1v) is 7.27. The second-order valence-electron chi connectivity index (χ2n) is 4.42. The predicted octanol–water partition coefficient (Wildman–Crippen LogP) is 4.31. The van der Waals surface area contributed by atoms with Crippen molar-refractivity contribution in [3.8, 4) is 5.75 Å². The molecular weight excluding hydrogens is 333 g/mol. The van der Waals surface area contributed by atoms with Crippen molar-refractivity contribution in [2.75, 3.05) is 7.11 Å². The first-order valence-electron chi connectivity index (χ1n) is 6.28. The minimum absolute atomic E-state index is 0.0817. The van der Waals surface area contributed by atoms with Crippen LogP contribution in [0, 0.1) is 10.1 Å². The molecule has 0 aliphatic rings. The van der Waals surface area contributed by atoms with Gasteiger partial charge in [0.25, 0.3) is 5.69 Å². The van der Waals surface area contributed by atoms with Crippen molar-refractivity contribution < 1.29 is 22.8 Å². The average molecular weight is 344 g/mol. The molecular formula is C14H11F3N2O3S.